The first-order valence-electron chi connectivity index (χ1n) is 18.8. The topological polar surface area (TPSA) is 123 Å². The zero-order chi connectivity index (χ0) is 37.1. The third-order valence-electron chi connectivity index (χ3n) is 12.9. The lowest BCUT2D eigenvalue weighted by Gasteiger charge is -2.65. The van der Waals surface area contributed by atoms with Crippen molar-refractivity contribution in [1.29, 1.82) is 0 Å². The molecule has 3 aromatic carbocycles. The second kappa shape index (κ2) is 16.4. The Balaban J connectivity index is 1.91. The van der Waals surface area contributed by atoms with Crippen molar-refractivity contribution in [2.45, 2.75) is 141 Å². The standard InChI is InChI=1S/C40H68N6OSi3/c1-28(37-21-15-12-18-34(37)24-44-31(4)41)40(7)27-49(10,29(2)38-22-16-13-19-35(38)25-45-32(5)42)48(8,9)50(11,47-40)30(3)39-23-17-14-20-36(39)26-46-33(6)43/h12-23,28-33,44-46H,24-27,41-43H2,1-11H3. The molecule has 0 saturated carbocycles. The molecule has 1 heterocycles. The highest BCUT2D eigenvalue weighted by Crippen LogP contribution is 2.56. The molecule has 1 aliphatic heterocycles. The van der Waals surface area contributed by atoms with Gasteiger partial charge in [0.15, 0.2) is 7.83 Å². The molecule has 1 fully saturated rings. The lowest BCUT2D eigenvalue weighted by molar-refractivity contribution is 0.0704. The second-order valence-corrected chi connectivity index (χ2v) is 42.5. The fraction of sp³-hybridized carbons (Fsp3) is 0.550. The molecule has 9 atom stereocenters. The summed E-state index contributed by atoms with van der Waals surface area (Å²) in [5.41, 5.74) is 27.2. The van der Waals surface area contributed by atoms with E-state index in [1.165, 1.54) is 33.4 Å². The molecule has 0 aromatic heterocycles. The minimum Gasteiger partial charge on any atom is -0.414 e. The maximum Gasteiger partial charge on any atom is 0.181 e. The van der Waals surface area contributed by atoms with E-state index >= 15 is 0 Å². The summed E-state index contributed by atoms with van der Waals surface area (Å²) < 4.78 is 8.08. The zero-order valence-corrected chi connectivity index (χ0v) is 35.9. The fourth-order valence-electron chi connectivity index (χ4n) is 8.87. The maximum absolute atomic E-state index is 8.08. The van der Waals surface area contributed by atoms with Crippen LogP contribution in [0, 0.1) is 0 Å². The van der Waals surface area contributed by atoms with Gasteiger partial charge in [0.2, 0.25) is 0 Å². The van der Waals surface area contributed by atoms with E-state index in [1.54, 1.807) is 0 Å². The minimum absolute atomic E-state index is 0.0607. The van der Waals surface area contributed by atoms with E-state index in [0.717, 1.165) is 25.7 Å². The Hall–Kier alpha value is -1.97. The molecule has 9 unspecified atom stereocenters. The minimum atomic E-state index is -2.50. The van der Waals surface area contributed by atoms with Gasteiger partial charge in [0.25, 0.3) is 0 Å². The highest BCUT2D eigenvalue weighted by molar-refractivity contribution is 7.68. The predicted octanol–water partition coefficient (Wildman–Crippen LogP) is 6.97. The van der Waals surface area contributed by atoms with Crippen LogP contribution in [0.1, 0.15) is 98.8 Å². The van der Waals surface area contributed by atoms with Crippen molar-refractivity contribution >= 4 is 22.5 Å². The summed E-state index contributed by atoms with van der Waals surface area (Å²) in [7, 11) is -6.68. The van der Waals surface area contributed by atoms with E-state index in [1.807, 2.05) is 20.8 Å². The summed E-state index contributed by atoms with van der Waals surface area (Å²) in [6, 6.07) is 28.2. The number of benzene rings is 3. The van der Waals surface area contributed by atoms with Crippen LogP contribution in [0.3, 0.4) is 0 Å². The second-order valence-electron chi connectivity index (χ2n) is 16.5. The Kier molecular flexibility index (Phi) is 13.4. The Morgan fingerprint density at radius 2 is 0.960 bits per heavy atom. The van der Waals surface area contributed by atoms with Gasteiger partial charge in [-0.25, -0.2) is 0 Å². The molecular formula is C40H68N6OSi3. The Morgan fingerprint density at radius 1 is 0.600 bits per heavy atom. The van der Waals surface area contributed by atoms with Gasteiger partial charge in [-0.3, -0.25) is 16.0 Å². The van der Waals surface area contributed by atoms with Gasteiger partial charge in [-0.2, -0.15) is 0 Å². The zero-order valence-electron chi connectivity index (χ0n) is 32.9. The van der Waals surface area contributed by atoms with Gasteiger partial charge in [-0.05, 0) is 84.7 Å². The van der Waals surface area contributed by atoms with E-state index in [9.17, 15) is 0 Å². The van der Waals surface area contributed by atoms with Crippen molar-refractivity contribution in [1.82, 2.24) is 16.0 Å². The van der Waals surface area contributed by atoms with Gasteiger partial charge in [-0.1, -0.05) is 113 Å². The van der Waals surface area contributed by atoms with Crippen LogP contribution in [0.15, 0.2) is 72.8 Å². The summed E-state index contributed by atoms with van der Waals surface area (Å²) >= 11 is 0. The van der Waals surface area contributed by atoms with Gasteiger partial charge >= 0.3 is 0 Å². The van der Waals surface area contributed by atoms with Crippen molar-refractivity contribution in [3.8, 4) is 0 Å². The number of nitrogens with two attached hydrogens (primary N) is 3. The molecule has 0 bridgehead atoms. The lowest BCUT2D eigenvalue weighted by Crippen LogP contribution is -2.83. The normalized spacial score (nSPS) is 27.2. The van der Waals surface area contributed by atoms with Crippen LogP contribution in [0.5, 0.6) is 0 Å². The molecule has 7 nitrogen and oxygen atoms in total. The van der Waals surface area contributed by atoms with Crippen LogP contribution in [0.25, 0.3) is 0 Å². The van der Waals surface area contributed by atoms with Gasteiger partial charge in [0.05, 0.1) is 38.8 Å². The number of hydrogen-bond acceptors (Lipinski definition) is 7. The average Bonchev–Trinajstić information content (AvgIpc) is 3.07. The van der Waals surface area contributed by atoms with Gasteiger partial charge < -0.3 is 21.6 Å². The Bertz CT molecular complexity index is 1490. The van der Waals surface area contributed by atoms with Crippen LogP contribution in [0.2, 0.25) is 32.2 Å². The molecule has 1 aliphatic rings. The largest absolute Gasteiger partial charge is 0.414 e. The van der Waals surface area contributed by atoms with Crippen molar-refractivity contribution in [3.63, 3.8) is 0 Å². The number of hydrogen-bond donors (Lipinski definition) is 6. The van der Waals surface area contributed by atoms with Gasteiger partial charge in [-0.15, -0.1) is 0 Å². The van der Waals surface area contributed by atoms with E-state index in [-0.39, 0.29) is 30.0 Å². The lowest BCUT2D eigenvalue weighted by atomic mass is 9.83. The third kappa shape index (κ3) is 8.30. The highest BCUT2D eigenvalue weighted by atomic mass is 29.6. The highest BCUT2D eigenvalue weighted by Gasteiger charge is 2.69. The molecule has 0 spiro atoms. The predicted molar refractivity (Wildman–Crippen MR) is 221 cm³/mol. The van der Waals surface area contributed by atoms with Crippen molar-refractivity contribution in [2.24, 2.45) is 17.2 Å². The average molecular weight is 733 g/mol. The van der Waals surface area contributed by atoms with Crippen LogP contribution in [-0.2, 0) is 24.1 Å². The smallest absolute Gasteiger partial charge is 0.181 e. The van der Waals surface area contributed by atoms with E-state index < -0.39 is 22.5 Å². The molecule has 4 rings (SSSR count). The van der Waals surface area contributed by atoms with Gasteiger partial charge in [0, 0.05) is 25.6 Å². The first-order chi connectivity index (χ1) is 23.4. The number of nitrogens with one attached hydrogen (secondary N) is 3. The molecule has 0 amide bonds. The summed E-state index contributed by atoms with van der Waals surface area (Å²) in [4.78, 5) is 0. The molecule has 276 valence electrons. The van der Waals surface area contributed by atoms with E-state index in [0.29, 0.717) is 11.1 Å². The molecule has 1 saturated heterocycles. The third-order valence-corrected chi connectivity index (χ3v) is 53.8. The van der Waals surface area contributed by atoms with Crippen LogP contribution in [-0.4, -0.2) is 46.6 Å². The van der Waals surface area contributed by atoms with E-state index in [4.69, 9.17) is 21.6 Å². The van der Waals surface area contributed by atoms with Gasteiger partial charge in [0.1, 0.15) is 0 Å². The SMILES string of the molecule is CC(N)NCc1ccccc1C(C)C1(C)C[Si](C)(C(C)c2ccccc2CNC(C)N)[Si](C)(C)[Si](C)(C(C)c2ccccc2CNC(C)N)O1. The van der Waals surface area contributed by atoms with Crippen molar-refractivity contribution in [2.75, 3.05) is 0 Å². The number of rotatable bonds is 15. The van der Waals surface area contributed by atoms with Crippen LogP contribution >= 0.6 is 0 Å². The first kappa shape index (κ1) is 40.8. The Morgan fingerprint density at radius 3 is 1.38 bits per heavy atom. The molecule has 3 aromatic rings. The van der Waals surface area contributed by atoms with E-state index in [2.05, 4.69) is 143 Å². The van der Waals surface area contributed by atoms with Crippen LogP contribution < -0.4 is 33.2 Å². The maximum atomic E-state index is 8.08. The summed E-state index contributed by atoms with van der Waals surface area (Å²) in [5.74, 6) is 0.196. The fourth-order valence-corrected chi connectivity index (χ4v) is 48.4. The summed E-state index contributed by atoms with van der Waals surface area (Å²) in [5, 5.41) is 10.5. The van der Waals surface area contributed by atoms with Crippen LogP contribution in [0.4, 0.5) is 0 Å². The summed E-state index contributed by atoms with van der Waals surface area (Å²) in [6.45, 7) is 29.0. The quantitative estimate of drug-likeness (QED) is 0.0738. The molecule has 0 aliphatic carbocycles. The Labute approximate surface area is 306 Å². The summed E-state index contributed by atoms with van der Waals surface area (Å²) in [6.07, 6.45) is -0.208. The van der Waals surface area contributed by atoms with Crippen molar-refractivity contribution < 1.29 is 4.43 Å². The molecular weight excluding hydrogens is 665 g/mol. The molecule has 0 radical (unpaired) electrons. The van der Waals surface area contributed by atoms with Crippen molar-refractivity contribution in [3.05, 3.63) is 106 Å². The molecule has 9 N–H and O–H groups in total. The monoisotopic (exact) mass is 732 g/mol. The molecule has 10 heteroatoms. The first-order valence-corrected chi connectivity index (χ1v) is 29.1. The molecule has 50 heavy (non-hydrogen) atoms.